The fourth-order valence-electron chi connectivity index (χ4n) is 4.57. The van der Waals surface area contributed by atoms with E-state index in [1.54, 1.807) is 12.1 Å². The van der Waals surface area contributed by atoms with Crippen LogP contribution < -0.4 is 5.32 Å². The van der Waals surface area contributed by atoms with E-state index in [0.29, 0.717) is 12.1 Å². The predicted molar refractivity (Wildman–Crippen MR) is 131 cm³/mol. The second-order valence-corrected chi connectivity index (χ2v) is 8.95. The van der Waals surface area contributed by atoms with Gasteiger partial charge in [0.1, 0.15) is 5.82 Å². The fourth-order valence-corrected chi connectivity index (χ4v) is 4.57. The maximum Gasteiger partial charge on any atom is 0.125 e. The van der Waals surface area contributed by atoms with Crippen molar-refractivity contribution >= 4 is 5.69 Å². The van der Waals surface area contributed by atoms with Gasteiger partial charge in [-0.05, 0) is 49.1 Å². The summed E-state index contributed by atoms with van der Waals surface area (Å²) in [6.45, 7) is 7.46. The highest BCUT2D eigenvalue weighted by Crippen LogP contribution is 2.20. The number of halogens is 1. The van der Waals surface area contributed by atoms with E-state index < -0.39 is 0 Å². The number of nitrogens with one attached hydrogen (secondary N) is 1. The van der Waals surface area contributed by atoms with Gasteiger partial charge in [-0.15, -0.1) is 0 Å². The smallest absolute Gasteiger partial charge is 0.125 e. The van der Waals surface area contributed by atoms with Crippen LogP contribution in [-0.2, 0) is 13.1 Å². The number of rotatable bonds is 9. The molecule has 0 bridgehead atoms. The molecule has 1 saturated heterocycles. The highest BCUT2D eigenvalue weighted by Gasteiger charge is 2.23. The van der Waals surface area contributed by atoms with Gasteiger partial charge >= 0.3 is 0 Å². The van der Waals surface area contributed by atoms with E-state index in [1.807, 2.05) is 6.07 Å². The number of piperidine rings is 1. The zero-order chi connectivity index (χ0) is 22.2. The largest absolute Gasteiger partial charge is 0.382 e. The molecule has 1 aliphatic heterocycles. The first-order valence-corrected chi connectivity index (χ1v) is 11.7. The summed E-state index contributed by atoms with van der Waals surface area (Å²) in [4.78, 5) is 5.17. The van der Waals surface area contributed by atoms with Crippen molar-refractivity contribution in [1.29, 1.82) is 0 Å². The van der Waals surface area contributed by atoms with Gasteiger partial charge < -0.3 is 10.2 Å². The Morgan fingerprint density at radius 3 is 2.03 bits per heavy atom. The molecule has 3 aromatic rings. The summed E-state index contributed by atoms with van der Waals surface area (Å²) in [7, 11) is 0. The lowest BCUT2D eigenvalue weighted by Crippen LogP contribution is -2.46. The molecule has 0 aliphatic carbocycles. The van der Waals surface area contributed by atoms with Crippen molar-refractivity contribution < 1.29 is 4.39 Å². The highest BCUT2D eigenvalue weighted by atomic mass is 19.1. The molecule has 0 unspecified atom stereocenters. The highest BCUT2D eigenvalue weighted by molar-refractivity contribution is 5.44. The van der Waals surface area contributed by atoms with E-state index >= 15 is 0 Å². The quantitative estimate of drug-likeness (QED) is 0.462. The molecule has 1 heterocycles. The molecule has 3 nitrogen and oxygen atoms in total. The van der Waals surface area contributed by atoms with Crippen LogP contribution in [0.25, 0.3) is 0 Å². The van der Waals surface area contributed by atoms with Crippen molar-refractivity contribution in [2.24, 2.45) is 0 Å². The van der Waals surface area contributed by atoms with Crippen LogP contribution in [-0.4, -0.2) is 41.5 Å². The summed E-state index contributed by atoms with van der Waals surface area (Å²) in [5, 5.41) is 3.51. The third-order valence-corrected chi connectivity index (χ3v) is 6.39. The summed E-state index contributed by atoms with van der Waals surface area (Å²) >= 11 is 0. The normalized spacial score (nSPS) is 16.2. The Morgan fingerprint density at radius 2 is 1.47 bits per heavy atom. The SMILES string of the molecule is C[C@@H](CN1CCC(Nc2cccc(F)c2)CC1)N(Cc1ccccc1)Cc1ccccc1. The molecule has 1 fully saturated rings. The third kappa shape index (κ3) is 6.65. The van der Waals surface area contributed by atoms with Gasteiger partial charge in [-0.3, -0.25) is 4.90 Å². The molecular formula is C28H34FN3. The maximum atomic E-state index is 13.5. The lowest BCUT2D eigenvalue weighted by Gasteiger charge is -2.37. The Kier molecular flexibility index (Phi) is 7.92. The van der Waals surface area contributed by atoms with E-state index in [1.165, 1.54) is 17.2 Å². The molecule has 0 aromatic heterocycles. The zero-order valence-corrected chi connectivity index (χ0v) is 19.0. The molecule has 1 N–H and O–H groups in total. The van der Waals surface area contributed by atoms with Crippen molar-refractivity contribution in [2.75, 3.05) is 25.0 Å². The van der Waals surface area contributed by atoms with Gasteiger partial charge in [0.15, 0.2) is 0 Å². The Balaban J connectivity index is 1.33. The van der Waals surface area contributed by atoms with Crippen LogP contribution in [0.3, 0.4) is 0 Å². The second kappa shape index (κ2) is 11.3. The van der Waals surface area contributed by atoms with Crippen molar-refractivity contribution in [3.05, 3.63) is 102 Å². The minimum absolute atomic E-state index is 0.182. The van der Waals surface area contributed by atoms with Gasteiger partial charge in [-0.2, -0.15) is 0 Å². The van der Waals surface area contributed by atoms with E-state index in [9.17, 15) is 4.39 Å². The van der Waals surface area contributed by atoms with E-state index in [0.717, 1.165) is 51.3 Å². The first kappa shape index (κ1) is 22.5. The van der Waals surface area contributed by atoms with Crippen LogP contribution >= 0.6 is 0 Å². The van der Waals surface area contributed by atoms with Gasteiger partial charge in [0.25, 0.3) is 0 Å². The summed E-state index contributed by atoms with van der Waals surface area (Å²) in [6.07, 6.45) is 2.17. The number of nitrogens with zero attached hydrogens (tertiary/aromatic N) is 2. The van der Waals surface area contributed by atoms with Gasteiger partial charge in [0.05, 0.1) is 0 Å². The van der Waals surface area contributed by atoms with E-state index in [2.05, 4.69) is 82.7 Å². The van der Waals surface area contributed by atoms with Crippen LogP contribution in [0, 0.1) is 5.82 Å². The molecule has 168 valence electrons. The van der Waals surface area contributed by atoms with E-state index in [-0.39, 0.29) is 5.82 Å². The molecule has 32 heavy (non-hydrogen) atoms. The molecule has 4 rings (SSSR count). The predicted octanol–water partition coefficient (Wildman–Crippen LogP) is 5.79. The topological polar surface area (TPSA) is 18.5 Å². The van der Waals surface area contributed by atoms with Crippen LogP contribution in [0.4, 0.5) is 10.1 Å². The molecule has 0 saturated carbocycles. The van der Waals surface area contributed by atoms with Gasteiger partial charge in [-0.25, -0.2) is 4.39 Å². The van der Waals surface area contributed by atoms with Gasteiger partial charge in [0, 0.05) is 50.5 Å². The number of anilines is 1. The minimum atomic E-state index is -0.182. The van der Waals surface area contributed by atoms with E-state index in [4.69, 9.17) is 0 Å². The number of hydrogen-bond donors (Lipinski definition) is 1. The van der Waals surface area contributed by atoms with Crippen molar-refractivity contribution in [2.45, 2.75) is 44.9 Å². The summed E-state index contributed by atoms with van der Waals surface area (Å²) in [5.74, 6) is -0.182. The molecule has 0 spiro atoms. The van der Waals surface area contributed by atoms with Crippen LogP contribution in [0.2, 0.25) is 0 Å². The summed E-state index contributed by atoms with van der Waals surface area (Å²) in [6, 6.07) is 29.2. The average molecular weight is 432 g/mol. The maximum absolute atomic E-state index is 13.5. The van der Waals surface area contributed by atoms with Crippen LogP contribution in [0.5, 0.6) is 0 Å². The Morgan fingerprint density at radius 1 is 0.875 bits per heavy atom. The third-order valence-electron chi connectivity index (χ3n) is 6.39. The van der Waals surface area contributed by atoms with Crippen LogP contribution in [0.15, 0.2) is 84.9 Å². The van der Waals surface area contributed by atoms with Crippen LogP contribution in [0.1, 0.15) is 30.9 Å². The molecule has 4 heteroatoms. The molecule has 1 aliphatic rings. The molecule has 0 amide bonds. The van der Waals surface area contributed by atoms with Gasteiger partial charge in [0.2, 0.25) is 0 Å². The molecule has 1 atom stereocenters. The zero-order valence-electron chi connectivity index (χ0n) is 19.0. The van der Waals surface area contributed by atoms with Gasteiger partial charge in [-0.1, -0.05) is 66.7 Å². The first-order valence-electron chi connectivity index (χ1n) is 11.7. The monoisotopic (exact) mass is 431 g/mol. The first-order chi connectivity index (χ1) is 15.7. The number of likely N-dealkylation sites (tertiary alicyclic amines) is 1. The Bertz CT molecular complexity index is 898. The molecule has 0 radical (unpaired) electrons. The van der Waals surface area contributed by atoms with Crippen molar-refractivity contribution in [3.63, 3.8) is 0 Å². The lowest BCUT2D eigenvalue weighted by atomic mass is 10.0. The molecule has 3 aromatic carbocycles. The lowest BCUT2D eigenvalue weighted by molar-refractivity contribution is 0.120. The fraction of sp³-hybridized carbons (Fsp3) is 0.357. The standard InChI is InChI=1S/C28H34FN3/c1-23(20-31-17-15-27(16-18-31)30-28-14-8-13-26(29)19-28)32(21-24-9-4-2-5-10-24)22-25-11-6-3-7-12-25/h2-14,19,23,27,30H,15-18,20-22H2,1H3/t23-/m0/s1. The Hall–Kier alpha value is -2.69. The Labute approximate surface area is 191 Å². The average Bonchev–Trinajstić information content (AvgIpc) is 2.81. The van der Waals surface area contributed by atoms with Crippen molar-refractivity contribution in [3.8, 4) is 0 Å². The minimum Gasteiger partial charge on any atom is -0.382 e. The second-order valence-electron chi connectivity index (χ2n) is 8.95. The molecular weight excluding hydrogens is 397 g/mol. The number of hydrogen-bond acceptors (Lipinski definition) is 3. The summed E-state index contributed by atoms with van der Waals surface area (Å²) < 4.78 is 13.5. The number of benzene rings is 3. The van der Waals surface area contributed by atoms with Crippen molar-refractivity contribution in [1.82, 2.24) is 9.80 Å². The summed E-state index contributed by atoms with van der Waals surface area (Å²) in [5.41, 5.74) is 3.59.